The van der Waals surface area contributed by atoms with Crippen LogP contribution in [0.25, 0.3) is 10.8 Å². The molecule has 0 aliphatic rings. The number of nitro benzene ring substituents is 1. The van der Waals surface area contributed by atoms with Gasteiger partial charge in [-0.2, -0.15) is 0 Å². The third-order valence-corrected chi connectivity index (χ3v) is 3.46. The zero-order valence-electron chi connectivity index (χ0n) is 12.3. The Bertz CT molecular complexity index is 976. The lowest BCUT2D eigenvalue weighted by atomic mass is 10.1. The van der Waals surface area contributed by atoms with Crippen LogP contribution >= 0.6 is 0 Å². The van der Waals surface area contributed by atoms with Crippen molar-refractivity contribution in [3.05, 3.63) is 69.7 Å². The highest BCUT2D eigenvalue weighted by Gasteiger charge is 2.18. The highest BCUT2D eigenvalue weighted by Crippen LogP contribution is 2.32. The number of hydrogen-bond acceptors (Lipinski definition) is 4. The van der Waals surface area contributed by atoms with Crippen molar-refractivity contribution in [2.75, 3.05) is 5.32 Å². The van der Waals surface area contributed by atoms with Crippen molar-refractivity contribution in [1.82, 2.24) is 4.98 Å². The van der Waals surface area contributed by atoms with E-state index in [4.69, 9.17) is 0 Å². The fourth-order valence-electron chi connectivity index (χ4n) is 2.39. The third-order valence-electron chi connectivity index (χ3n) is 3.46. The molecule has 0 amide bonds. The maximum absolute atomic E-state index is 13.8. The Morgan fingerprint density at radius 2 is 1.83 bits per heavy atom. The number of anilines is 2. The van der Waals surface area contributed by atoms with Gasteiger partial charge in [0.1, 0.15) is 5.82 Å². The number of rotatable bonds is 3. The smallest absolute Gasteiger partial charge is 0.277 e. The van der Waals surface area contributed by atoms with Gasteiger partial charge in [0.15, 0.2) is 17.5 Å². The Morgan fingerprint density at radius 3 is 2.54 bits per heavy atom. The van der Waals surface area contributed by atoms with Gasteiger partial charge >= 0.3 is 0 Å². The fourth-order valence-corrected chi connectivity index (χ4v) is 2.39. The summed E-state index contributed by atoms with van der Waals surface area (Å²) in [5, 5.41) is 14.4. The van der Waals surface area contributed by atoms with Crippen molar-refractivity contribution < 1.29 is 18.1 Å². The van der Waals surface area contributed by atoms with E-state index < -0.39 is 22.4 Å². The van der Waals surface area contributed by atoms with Crippen molar-refractivity contribution >= 4 is 28.0 Å². The van der Waals surface area contributed by atoms with E-state index in [0.717, 1.165) is 12.1 Å². The molecule has 0 bridgehead atoms. The van der Waals surface area contributed by atoms with Crippen LogP contribution in [0.15, 0.2) is 36.4 Å². The van der Waals surface area contributed by atoms with Crippen molar-refractivity contribution in [3.8, 4) is 0 Å². The number of nitro groups is 1. The van der Waals surface area contributed by atoms with E-state index in [1.807, 2.05) is 0 Å². The third kappa shape index (κ3) is 2.62. The quantitative estimate of drug-likeness (QED) is 0.432. The summed E-state index contributed by atoms with van der Waals surface area (Å²) in [7, 11) is 0. The van der Waals surface area contributed by atoms with Crippen LogP contribution in [-0.4, -0.2) is 9.91 Å². The van der Waals surface area contributed by atoms with E-state index in [-0.39, 0.29) is 17.2 Å². The second-order valence-electron chi connectivity index (χ2n) is 5.09. The van der Waals surface area contributed by atoms with Crippen molar-refractivity contribution in [1.29, 1.82) is 0 Å². The van der Waals surface area contributed by atoms with Gasteiger partial charge in [0, 0.05) is 17.1 Å². The van der Waals surface area contributed by atoms with Crippen LogP contribution in [0.2, 0.25) is 0 Å². The molecule has 0 atom stereocenters. The number of fused-ring (bicyclic) bond motifs is 1. The van der Waals surface area contributed by atoms with Crippen molar-refractivity contribution in [3.63, 3.8) is 0 Å². The SMILES string of the molecule is Cc1cc2c([N+](=O)[O-])cccc2c(Nc2ccc(F)c(F)c2F)n1. The van der Waals surface area contributed by atoms with Crippen molar-refractivity contribution in [2.45, 2.75) is 6.92 Å². The number of nitrogens with one attached hydrogen (secondary N) is 1. The van der Waals surface area contributed by atoms with Gasteiger partial charge in [-0.25, -0.2) is 18.2 Å². The van der Waals surface area contributed by atoms with Gasteiger partial charge in [-0.3, -0.25) is 10.1 Å². The molecule has 1 aromatic heterocycles. The minimum atomic E-state index is -1.61. The van der Waals surface area contributed by atoms with Gasteiger partial charge in [-0.05, 0) is 25.1 Å². The van der Waals surface area contributed by atoms with Crippen LogP contribution in [0.1, 0.15) is 5.69 Å². The number of halogens is 3. The predicted molar refractivity (Wildman–Crippen MR) is 82.7 cm³/mol. The second-order valence-corrected chi connectivity index (χ2v) is 5.09. The summed E-state index contributed by atoms with van der Waals surface area (Å²) in [4.78, 5) is 14.8. The van der Waals surface area contributed by atoms with Crippen LogP contribution in [0.3, 0.4) is 0 Å². The summed E-state index contributed by atoms with van der Waals surface area (Å²) < 4.78 is 40.2. The molecule has 8 heteroatoms. The molecule has 3 rings (SSSR count). The summed E-state index contributed by atoms with van der Waals surface area (Å²) >= 11 is 0. The summed E-state index contributed by atoms with van der Waals surface area (Å²) in [6, 6.07) is 7.70. The van der Waals surface area contributed by atoms with Crippen LogP contribution in [-0.2, 0) is 0 Å². The molecule has 122 valence electrons. The zero-order chi connectivity index (χ0) is 17.4. The number of aryl methyl sites for hydroxylation is 1. The van der Waals surface area contributed by atoms with Crippen LogP contribution in [0.5, 0.6) is 0 Å². The minimum absolute atomic E-state index is 0.110. The molecule has 1 heterocycles. The predicted octanol–water partition coefficient (Wildman–Crippen LogP) is 4.61. The summed E-state index contributed by atoms with van der Waals surface area (Å²) in [6.07, 6.45) is 0. The lowest BCUT2D eigenvalue weighted by Gasteiger charge is -2.11. The molecule has 0 saturated heterocycles. The molecule has 2 aromatic carbocycles. The average molecular weight is 333 g/mol. The van der Waals surface area contributed by atoms with Gasteiger partial charge in [0.05, 0.1) is 16.0 Å². The first-order valence-corrected chi connectivity index (χ1v) is 6.83. The lowest BCUT2D eigenvalue weighted by molar-refractivity contribution is -0.383. The maximum atomic E-state index is 13.8. The molecule has 24 heavy (non-hydrogen) atoms. The Morgan fingerprint density at radius 1 is 1.08 bits per heavy atom. The highest BCUT2D eigenvalue weighted by molar-refractivity contribution is 5.99. The van der Waals surface area contributed by atoms with E-state index in [9.17, 15) is 23.3 Å². The first-order valence-electron chi connectivity index (χ1n) is 6.83. The molecular formula is C16H10F3N3O2. The number of nitrogens with zero attached hydrogens (tertiary/aromatic N) is 2. The molecule has 0 unspecified atom stereocenters. The Hall–Kier alpha value is -3.16. The molecule has 5 nitrogen and oxygen atoms in total. The number of benzene rings is 2. The van der Waals surface area contributed by atoms with Gasteiger partial charge in [0.2, 0.25) is 0 Å². The summed E-state index contributed by atoms with van der Waals surface area (Å²) in [5.41, 5.74) is -0.00564. The topological polar surface area (TPSA) is 68.1 Å². The Labute approximate surface area is 133 Å². The van der Waals surface area contributed by atoms with E-state index in [2.05, 4.69) is 10.3 Å². The van der Waals surface area contributed by atoms with Crippen molar-refractivity contribution in [2.24, 2.45) is 0 Å². The lowest BCUT2D eigenvalue weighted by Crippen LogP contribution is -2.02. The maximum Gasteiger partial charge on any atom is 0.277 e. The molecule has 0 saturated carbocycles. The molecule has 3 aromatic rings. The first-order chi connectivity index (χ1) is 11.4. The Balaban J connectivity index is 2.19. The number of pyridine rings is 1. The number of hydrogen-bond donors (Lipinski definition) is 1. The molecule has 1 N–H and O–H groups in total. The second kappa shape index (κ2) is 5.80. The minimum Gasteiger partial charge on any atom is -0.337 e. The molecule has 0 radical (unpaired) electrons. The molecule has 0 spiro atoms. The van der Waals surface area contributed by atoms with Crippen LogP contribution < -0.4 is 5.32 Å². The molecule has 0 aliphatic heterocycles. The fraction of sp³-hybridized carbons (Fsp3) is 0.0625. The summed E-state index contributed by atoms with van der Waals surface area (Å²) in [5.74, 6) is -4.20. The van der Waals surface area contributed by atoms with E-state index in [0.29, 0.717) is 16.5 Å². The number of aromatic nitrogens is 1. The highest BCUT2D eigenvalue weighted by atomic mass is 19.2. The summed E-state index contributed by atoms with van der Waals surface area (Å²) in [6.45, 7) is 1.61. The average Bonchev–Trinajstić information content (AvgIpc) is 2.54. The Kier molecular flexibility index (Phi) is 3.80. The van der Waals surface area contributed by atoms with Crippen LogP contribution in [0.4, 0.5) is 30.4 Å². The largest absolute Gasteiger partial charge is 0.337 e. The van der Waals surface area contributed by atoms with Gasteiger partial charge in [-0.15, -0.1) is 0 Å². The molecule has 0 aliphatic carbocycles. The number of non-ortho nitro benzene ring substituents is 1. The van der Waals surface area contributed by atoms with E-state index >= 15 is 0 Å². The van der Waals surface area contributed by atoms with Gasteiger partial charge < -0.3 is 5.32 Å². The van der Waals surface area contributed by atoms with Crippen LogP contribution in [0, 0.1) is 34.5 Å². The van der Waals surface area contributed by atoms with Gasteiger partial charge in [-0.1, -0.05) is 12.1 Å². The standard InChI is InChI=1S/C16H10F3N3O2/c1-8-7-10-9(3-2-4-13(10)22(23)24)16(20-8)21-12-6-5-11(17)14(18)15(12)19/h2-7H,1H3,(H,20,21). The molecule has 0 fully saturated rings. The van der Waals surface area contributed by atoms with E-state index in [1.165, 1.54) is 18.2 Å². The first kappa shape index (κ1) is 15.7. The van der Waals surface area contributed by atoms with E-state index in [1.54, 1.807) is 13.0 Å². The van der Waals surface area contributed by atoms with Gasteiger partial charge in [0.25, 0.3) is 5.69 Å². The zero-order valence-corrected chi connectivity index (χ0v) is 12.3. The molecular weight excluding hydrogens is 323 g/mol. The monoisotopic (exact) mass is 333 g/mol. The normalized spacial score (nSPS) is 10.8.